The molecule has 2 rings (SSSR count). The maximum Gasteiger partial charge on any atom is 0.258 e. The van der Waals surface area contributed by atoms with Crippen LogP contribution in [-0.4, -0.2) is 29.8 Å². The lowest BCUT2D eigenvalue weighted by molar-refractivity contribution is -0.124. The van der Waals surface area contributed by atoms with E-state index in [-0.39, 0.29) is 24.7 Å². The first kappa shape index (κ1) is 12.9. The third-order valence-corrected chi connectivity index (χ3v) is 3.26. The molecule has 2 N–H and O–H groups in total. The van der Waals surface area contributed by atoms with E-state index in [1.807, 2.05) is 24.3 Å². The van der Waals surface area contributed by atoms with Crippen LogP contribution in [0.3, 0.4) is 0 Å². The first-order chi connectivity index (χ1) is 8.67. The molecule has 0 aromatic heterocycles. The highest BCUT2D eigenvalue weighted by Crippen LogP contribution is 2.34. The molecule has 1 aromatic rings. The normalized spacial score (nSPS) is 16.1. The predicted molar refractivity (Wildman–Crippen MR) is 68.5 cm³/mol. The highest BCUT2D eigenvalue weighted by Gasteiger charge is 2.43. The molecule has 0 atom stereocenters. The Bertz CT molecular complexity index is 410. The number of ether oxygens (including phenoxy) is 1. The van der Waals surface area contributed by atoms with Crippen molar-refractivity contribution in [2.24, 2.45) is 0 Å². The predicted octanol–water partition coefficient (Wildman–Crippen LogP) is 1.27. The van der Waals surface area contributed by atoms with Crippen LogP contribution in [0.25, 0.3) is 0 Å². The Morgan fingerprint density at radius 3 is 2.56 bits per heavy atom. The Morgan fingerprint density at radius 2 is 2.06 bits per heavy atom. The molecular weight excluding hydrogens is 230 g/mol. The van der Waals surface area contributed by atoms with Crippen LogP contribution in [0.15, 0.2) is 24.3 Å². The molecule has 1 saturated carbocycles. The standard InChI is InChI=1S/C14H19NO3/c1-2-11-3-5-12(6-4-11)18-9-13(17)15-14(10-16)7-8-14/h3-6,16H,2,7-10H2,1H3,(H,15,17). The Balaban J connectivity index is 1.78. The lowest BCUT2D eigenvalue weighted by Gasteiger charge is -2.14. The van der Waals surface area contributed by atoms with Gasteiger partial charge in [-0.15, -0.1) is 0 Å². The summed E-state index contributed by atoms with van der Waals surface area (Å²) in [5, 5.41) is 11.9. The van der Waals surface area contributed by atoms with Gasteiger partial charge in [-0.05, 0) is 37.0 Å². The van der Waals surface area contributed by atoms with Crippen LogP contribution < -0.4 is 10.1 Å². The summed E-state index contributed by atoms with van der Waals surface area (Å²) in [5.41, 5.74) is 0.871. The number of carbonyl (C=O) groups excluding carboxylic acids is 1. The largest absolute Gasteiger partial charge is 0.484 e. The highest BCUT2D eigenvalue weighted by atomic mass is 16.5. The number of carbonyl (C=O) groups is 1. The Morgan fingerprint density at radius 1 is 1.39 bits per heavy atom. The van der Waals surface area contributed by atoms with E-state index < -0.39 is 0 Å². The summed E-state index contributed by atoms with van der Waals surface area (Å²) in [6, 6.07) is 7.71. The molecule has 98 valence electrons. The van der Waals surface area contributed by atoms with Gasteiger partial charge < -0.3 is 15.2 Å². The van der Waals surface area contributed by atoms with E-state index in [0.717, 1.165) is 19.3 Å². The molecule has 0 heterocycles. The summed E-state index contributed by atoms with van der Waals surface area (Å²) >= 11 is 0. The summed E-state index contributed by atoms with van der Waals surface area (Å²) in [6.07, 6.45) is 2.68. The van der Waals surface area contributed by atoms with Crippen LogP contribution >= 0.6 is 0 Å². The van der Waals surface area contributed by atoms with Gasteiger partial charge in [-0.3, -0.25) is 4.79 Å². The molecule has 0 saturated heterocycles. The fraction of sp³-hybridized carbons (Fsp3) is 0.500. The van der Waals surface area contributed by atoms with E-state index in [9.17, 15) is 4.79 Å². The van der Waals surface area contributed by atoms with Gasteiger partial charge in [-0.25, -0.2) is 0 Å². The second kappa shape index (κ2) is 5.40. The van der Waals surface area contributed by atoms with Crippen LogP contribution in [0.5, 0.6) is 5.75 Å². The molecule has 1 fully saturated rings. The Kier molecular flexibility index (Phi) is 3.87. The molecule has 18 heavy (non-hydrogen) atoms. The van der Waals surface area contributed by atoms with Gasteiger partial charge in [-0.1, -0.05) is 19.1 Å². The summed E-state index contributed by atoms with van der Waals surface area (Å²) in [7, 11) is 0. The van der Waals surface area contributed by atoms with Gasteiger partial charge in [0.15, 0.2) is 6.61 Å². The van der Waals surface area contributed by atoms with Crippen molar-refractivity contribution in [3.63, 3.8) is 0 Å². The minimum atomic E-state index is -0.369. The first-order valence-corrected chi connectivity index (χ1v) is 6.31. The quantitative estimate of drug-likeness (QED) is 0.798. The average Bonchev–Trinajstić information content (AvgIpc) is 3.17. The zero-order valence-electron chi connectivity index (χ0n) is 10.6. The van der Waals surface area contributed by atoms with E-state index in [4.69, 9.17) is 9.84 Å². The minimum Gasteiger partial charge on any atom is -0.484 e. The molecule has 0 bridgehead atoms. The monoisotopic (exact) mass is 249 g/mol. The number of hydrogen-bond donors (Lipinski definition) is 2. The van der Waals surface area contributed by atoms with Gasteiger partial charge in [0, 0.05) is 0 Å². The molecule has 1 amide bonds. The fourth-order valence-electron chi connectivity index (χ4n) is 1.78. The SMILES string of the molecule is CCc1ccc(OCC(=O)NC2(CO)CC2)cc1. The molecule has 1 aliphatic rings. The summed E-state index contributed by atoms with van der Waals surface area (Å²) in [5.74, 6) is 0.511. The van der Waals surface area contributed by atoms with E-state index in [0.29, 0.717) is 5.75 Å². The molecular formula is C14H19NO3. The van der Waals surface area contributed by atoms with Crippen molar-refractivity contribution < 1.29 is 14.6 Å². The molecule has 0 unspecified atom stereocenters. The zero-order valence-corrected chi connectivity index (χ0v) is 10.6. The number of nitrogens with one attached hydrogen (secondary N) is 1. The third kappa shape index (κ3) is 3.23. The maximum absolute atomic E-state index is 11.6. The molecule has 4 heteroatoms. The number of benzene rings is 1. The van der Waals surface area contributed by atoms with Crippen LogP contribution in [0.2, 0.25) is 0 Å². The summed E-state index contributed by atoms with van der Waals surface area (Å²) in [4.78, 5) is 11.6. The molecule has 0 radical (unpaired) electrons. The van der Waals surface area contributed by atoms with Crippen molar-refractivity contribution in [1.82, 2.24) is 5.32 Å². The van der Waals surface area contributed by atoms with Crippen LogP contribution in [0.4, 0.5) is 0 Å². The van der Waals surface area contributed by atoms with Gasteiger partial charge in [0.05, 0.1) is 12.1 Å². The van der Waals surface area contributed by atoms with E-state index in [2.05, 4.69) is 12.2 Å². The van der Waals surface area contributed by atoms with Crippen molar-refractivity contribution in [3.8, 4) is 5.75 Å². The highest BCUT2D eigenvalue weighted by molar-refractivity contribution is 5.78. The van der Waals surface area contributed by atoms with E-state index >= 15 is 0 Å². The summed E-state index contributed by atoms with van der Waals surface area (Å²) < 4.78 is 5.39. The second-order valence-electron chi connectivity index (χ2n) is 4.77. The maximum atomic E-state index is 11.6. The van der Waals surface area contributed by atoms with Gasteiger partial charge in [0.2, 0.25) is 0 Å². The molecule has 4 nitrogen and oxygen atoms in total. The van der Waals surface area contributed by atoms with Gasteiger partial charge in [0.1, 0.15) is 5.75 Å². The van der Waals surface area contributed by atoms with Crippen LogP contribution in [0, 0.1) is 0 Å². The Labute approximate surface area is 107 Å². The lowest BCUT2D eigenvalue weighted by atomic mass is 10.2. The fourth-order valence-corrected chi connectivity index (χ4v) is 1.78. The smallest absolute Gasteiger partial charge is 0.258 e. The van der Waals surface area contributed by atoms with Gasteiger partial charge in [-0.2, -0.15) is 0 Å². The van der Waals surface area contributed by atoms with Gasteiger partial charge in [0.25, 0.3) is 5.91 Å². The number of rotatable bonds is 6. The van der Waals surface area contributed by atoms with Gasteiger partial charge >= 0.3 is 0 Å². The molecule has 0 spiro atoms. The minimum absolute atomic E-state index is 0.00391. The van der Waals surface area contributed by atoms with Crippen molar-refractivity contribution >= 4 is 5.91 Å². The first-order valence-electron chi connectivity index (χ1n) is 6.31. The number of hydrogen-bond acceptors (Lipinski definition) is 3. The average molecular weight is 249 g/mol. The lowest BCUT2D eigenvalue weighted by Crippen LogP contribution is -2.42. The van der Waals surface area contributed by atoms with Crippen molar-refractivity contribution in [1.29, 1.82) is 0 Å². The number of aliphatic hydroxyl groups excluding tert-OH is 1. The third-order valence-electron chi connectivity index (χ3n) is 3.26. The molecule has 0 aliphatic heterocycles. The summed E-state index contributed by atoms with van der Waals surface area (Å²) in [6.45, 7) is 2.09. The Hall–Kier alpha value is -1.55. The van der Waals surface area contributed by atoms with E-state index in [1.165, 1.54) is 5.56 Å². The van der Waals surface area contributed by atoms with Crippen molar-refractivity contribution in [2.75, 3.05) is 13.2 Å². The number of aryl methyl sites for hydroxylation is 1. The van der Waals surface area contributed by atoms with Crippen LogP contribution in [-0.2, 0) is 11.2 Å². The van der Waals surface area contributed by atoms with Crippen molar-refractivity contribution in [2.45, 2.75) is 31.7 Å². The van der Waals surface area contributed by atoms with Crippen molar-refractivity contribution in [3.05, 3.63) is 29.8 Å². The molecule has 1 aliphatic carbocycles. The van der Waals surface area contributed by atoms with E-state index in [1.54, 1.807) is 0 Å². The second-order valence-corrected chi connectivity index (χ2v) is 4.77. The number of aliphatic hydroxyl groups is 1. The topological polar surface area (TPSA) is 58.6 Å². The number of amides is 1. The van der Waals surface area contributed by atoms with Crippen LogP contribution in [0.1, 0.15) is 25.3 Å². The molecule has 1 aromatic carbocycles. The zero-order chi connectivity index (χ0) is 13.0.